The molecular weight excluding hydrogens is 346 g/mol. The second kappa shape index (κ2) is 6.68. The van der Waals surface area contributed by atoms with Crippen molar-refractivity contribution in [1.82, 2.24) is 0 Å². The maximum Gasteiger partial charge on any atom is 0.336 e. The summed E-state index contributed by atoms with van der Waals surface area (Å²) in [4.78, 5) is 11.8. The predicted molar refractivity (Wildman–Crippen MR) is 112 cm³/mol. The van der Waals surface area contributed by atoms with Gasteiger partial charge in [0.1, 0.15) is 0 Å². The summed E-state index contributed by atoms with van der Waals surface area (Å²) in [7, 11) is 0. The molecule has 3 heteroatoms. The Morgan fingerprint density at radius 2 is 1.64 bits per heavy atom. The molecule has 138 valence electrons. The van der Waals surface area contributed by atoms with Crippen LogP contribution in [0.5, 0.6) is 0 Å². The molecule has 28 heavy (non-hydrogen) atoms. The van der Waals surface area contributed by atoms with Gasteiger partial charge >= 0.3 is 5.97 Å². The first kappa shape index (κ1) is 16.8. The van der Waals surface area contributed by atoms with Crippen molar-refractivity contribution in [2.45, 2.75) is 18.4 Å². The molecule has 0 fully saturated rings. The van der Waals surface area contributed by atoms with Crippen LogP contribution in [0, 0.1) is 5.92 Å². The van der Waals surface area contributed by atoms with E-state index in [1.54, 1.807) is 12.1 Å². The van der Waals surface area contributed by atoms with Crippen LogP contribution in [0.1, 0.15) is 39.9 Å². The van der Waals surface area contributed by atoms with Crippen molar-refractivity contribution >= 4 is 11.7 Å². The lowest BCUT2D eigenvalue weighted by Crippen LogP contribution is -2.30. The van der Waals surface area contributed by atoms with Gasteiger partial charge in [0.05, 0.1) is 11.6 Å². The molecule has 1 aliphatic carbocycles. The molecule has 0 amide bonds. The zero-order valence-corrected chi connectivity index (χ0v) is 15.4. The highest BCUT2D eigenvalue weighted by Gasteiger charge is 2.39. The first-order valence-electron chi connectivity index (χ1n) is 9.68. The zero-order chi connectivity index (χ0) is 19.1. The third-order valence-corrected chi connectivity index (χ3v) is 6.01. The van der Waals surface area contributed by atoms with Crippen LogP contribution < -0.4 is 5.32 Å². The molecule has 0 unspecified atom stereocenters. The lowest BCUT2D eigenvalue weighted by Gasteiger charge is -2.39. The van der Waals surface area contributed by atoms with E-state index in [0.717, 1.165) is 28.8 Å². The summed E-state index contributed by atoms with van der Waals surface area (Å²) >= 11 is 0. The molecular formula is C25H21NO2. The molecule has 3 aromatic rings. The molecule has 3 aromatic carbocycles. The maximum absolute atomic E-state index is 11.8. The van der Waals surface area contributed by atoms with Gasteiger partial charge in [0.15, 0.2) is 0 Å². The second-order valence-corrected chi connectivity index (χ2v) is 7.50. The standard InChI is InChI=1S/C25H21NO2/c27-25(28)22-11-5-4-10-21(22)24-20-15-7-13-18(20)19-14-6-12-17(23(19)26-24)16-8-2-1-3-9-16/h1-14,18,20,24,26H,15H2,(H,27,28)/t18-,20+,24+/m0/s1. The van der Waals surface area contributed by atoms with Crippen LogP contribution in [0.15, 0.2) is 84.9 Å². The molecule has 1 heterocycles. The summed E-state index contributed by atoms with van der Waals surface area (Å²) < 4.78 is 0. The van der Waals surface area contributed by atoms with Crippen LogP contribution in [-0.2, 0) is 0 Å². The summed E-state index contributed by atoms with van der Waals surface area (Å²) in [6.07, 6.45) is 5.47. The minimum absolute atomic E-state index is 0.0373. The second-order valence-electron chi connectivity index (χ2n) is 7.50. The van der Waals surface area contributed by atoms with Crippen molar-refractivity contribution in [1.29, 1.82) is 0 Å². The first-order valence-corrected chi connectivity index (χ1v) is 9.68. The van der Waals surface area contributed by atoms with Crippen LogP contribution in [0.3, 0.4) is 0 Å². The smallest absolute Gasteiger partial charge is 0.336 e. The Balaban J connectivity index is 1.68. The Kier molecular flexibility index (Phi) is 4.01. The van der Waals surface area contributed by atoms with Gasteiger partial charge in [-0.3, -0.25) is 0 Å². The van der Waals surface area contributed by atoms with E-state index in [4.69, 9.17) is 0 Å². The lowest BCUT2D eigenvalue weighted by molar-refractivity contribution is 0.0694. The fourth-order valence-corrected chi connectivity index (χ4v) is 4.75. The Labute approximate surface area is 164 Å². The monoisotopic (exact) mass is 367 g/mol. The number of nitrogens with one attached hydrogen (secondary N) is 1. The third kappa shape index (κ3) is 2.63. The molecule has 5 rings (SSSR count). The number of carboxylic acid groups (broad SMARTS) is 1. The molecule has 3 nitrogen and oxygen atoms in total. The summed E-state index contributed by atoms with van der Waals surface area (Å²) in [6, 6.07) is 24.2. The molecule has 0 bridgehead atoms. The minimum Gasteiger partial charge on any atom is -0.478 e. The number of aromatic carboxylic acids is 1. The Hall–Kier alpha value is -3.33. The van der Waals surface area contributed by atoms with E-state index in [1.165, 1.54) is 5.56 Å². The molecule has 0 saturated heterocycles. The van der Waals surface area contributed by atoms with Gasteiger partial charge in [0, 0.05) is 17.2 Å². The van der Waals surface area contributed by atoms with Gasteiger partial charge < -0.3 is 10.4 Å². The highest BCUT2D eigenvalue weighted by molar-refractivity contribution is 5.90. The number of carboxylic acids is 1. The Morgan fingerprint density at radius 1 is 0.893 bits per heavy atom. The number of carbonyl (C=O) groups is 1. The van der Waals surface area contributed by atoms with Crippen molar-refractivity contribution in [3.63, 3.8) is 0 Å². The quantitative estimate of drug-likeness (QED) is 0.569. The molecule has 0 aromatic heterocycles. The van der Waals surface area contributed by atoms with Crippen LogP contribution >= 0.6 is 0 Å². The highest BCUT2D eigenvalue weighted by atomic mass is 16.4. The summed E-state index contributed by atoms with van der Waals surface area (Å²) in [5, 5.41) is 13.5. The van der Waals surface area contributed by atoms with Crippen molar-refractivity contribution in [3.8, 4) is 11.1 Å². The molecule has 1 aliphatic heterocycles. The number of allylic oxidation sites excluding steroid dienone is 2. The number of fused-ring (bicyclic) bond motifs is 3. The summed E-state index contributed by atoms with van der Waals surface area (Å²) in [5.41, 5.74) is 5.98. The number of hydrogen-bond acceptors (Lipinski definition) is 2. The van der Waals surface area contributed by atoms with Gasteiger partial charge in [-0.1, -0.05) is 78.9 Å². The minimum atomic E-state index is -0.873. The zero-order valence-electron chi connectivity index (χ0n) is 15.4. The fraction of sp³-hybridized carbons (Fsp3) is 0.160. The summed E-state index contributed by atoms with van der Waals surface area (Å²) in [5.74, 6) is -0.257. The topological polar surface area (TPSA) is 49.3 Å². The van der Waals surface area contributed by atoms with Crippen molar-refractivity contribution in [2.75, 3.05) is 5.32 Å². The highest BCUT2D eigenvalue weighted by Crippen LogP contribution is 2.52. The van der Waals surface area contributed by atoms with Crippen LogP contribution in [0.2, 0.25) is 0 Å². The SMILES string of the molecule is O=C(O)c1ccccc1[C@@H]1Nc2c(-c3ccccc3)cccc2[C@@H]2C=CC[C@H]21. The molecule has 0 saturated carbocycles. The Bertz CT molecular complexity index is 1070. The van der Waals surface area contributed by atoms with E-state index in [9.17, 15) is 9.90 Å². The average molecular weight is 367 g/mol. The van der Waals surface area contributed by atoms with Crippen LogP contribution in [0.25, 0.3) is 11.1 Å². The average Bonchev–Trinajstić information content (AvgIpc) is 3.23. The largest absolute Gasteiger partial charge is 0.478 e. The molecule has 2 aliphatic rings. The third-order valence-electron chi connectivity index (χ3n) is 6.01. The van der Waals surface area contributed by atoms with E-state index in [2.05, 4.69) is 47.8 Å². The van der Waals surface area contributed by atoms with Gasteiger partial charge in [-0.2, -0.15) is 0 Å². The van der Waals surface area contributed by atoms with Crippen LogP contribution in [0.4, 0.5) is 5.69 Å². The van der Waals surface area contributed by atoms with Gasteiger partial charge in [0.2, 0.25) is 0 Å². The van der Waals surface area contributed by atoms with E-state index in [-0.39, 0.29) is 6.04 Å². The lowest BCUT2D eigenvalue weighted by atomic mass is 9.75. The maximum atomic E-state index is 11.8. The van der Waals surface area contributed by atoms with Crippen molar-refractivity contribution < 1.29 is 9.90 Å². The normalized spacial score (nSPS) is 22.2. The fourth-order valence-electron chi connectivity index (χ4n) is 4.75. The van der Waals surface area contributed by atoms with Gasteiger partial charge in [-0.25, -0.2) is 4.79 Å². The van der Waals surface area contributed by atoms with Gasteiger partial charge in [-0.15, -0.1) is 0 Å². The van der Waals surface area contributed by atoms with Crippen LogP contribution in [-0.4, -0.2) is 11.1 Å². The van der Waals surface area contributed by atoms with Crippen molar-refractivity contribution in [3.05, 3.63) is 102 Å². The van der Waals surface area contributed by atoms with E-state index in [1.807, 2.05) is 30.3 Å². The molecule has 0 radical (unpaired) electrons. The van der Waals surface area contributed by atoms with Gasteiger partial charge in [0.25, 0.3) is 0 Å². The van der Waals surface area contributed by atoms with E-state index < -0.39 is 5.97 Å². The number of para-hydroxylation sites is 1. The predicted octanol–water partition coefficient (Wildman–Crippen LogP) is 5.88. The number of anilines is 1. The number of rotatable bonds is 3. The molecule has 2 N–H and O–H groups in total. The Morgan fingerprint density at radius 3 is 2.46 bits per heavy atom. The van der Waals surface area contributed by atoms with Crippen molar-refractivity contribution in [2.24, 2.45) is 5.92 Å². The summed E-state index contributed by atoms with van der Waals surface area (Å²) in [6.45, 7) is 0. The van der Waals surface area contributed by atoms with E-state index in [0.29, 0.717) is 17.4 Å². The number of hydrogen-bond donors (Lipinski definition) is 2. The first-order chi connectivity index (χ1) is 13.7. The van der Waals surface area contributed by atoms with Gasteiger partial charge in [-0.05, 0) is 35.1 Å². The number of benzene rings is 3. The molecule has 0 spiro atoms. The molecule has 3 atom stereocenters. The van der Waals surface area contributed by atoms with E-state index >= 15 is 0 Å².